The second-order valence-corrected chi connectivity index (χ2v) is 7.38. The molecule has 0 spiro atoms. The Kier molecular flexibility index (Phi) is 3.03. The summed E-state index contributed by atoms with van der Waals surface area (Å²) in [5.41, 5.74) is 1.12. The SMILES string of the molecule is CC1(C)C2CCC1(C)C(Oc1ccc(C#N)cc1Cl)C2. The van der Waals surface area contributed by atoms with Crippen molar-refractivity contribution in [3.8, 4) is 11.8 Å². The normalized spacial score (nSPS) is 34.0. The highest BCUT2D eigenvalue weighted by molar-refractivity contribution is 6.32. The molecule has 2 fully saturated rings. The van der Waals surface area contributed by atoms with E-state index in [-0.39, 0.29) is 11.5 Å². The summed E-state index contributed by atoms with van der Waals surface area (Å²) in [5, 5.41) is 9.42. The zero-order chi connectivity index (χ0) is 14.5. The predicted octanol–water partition coefficient (Wildman–Crippen LogP) is 4.81. The van der Waals surface area contributed by atoms with Crippen LogP contribution in [0, 0.1) is 28.1 Å². The van der Waals surface area contributed by atoms with Crippen molar-refractivity contribution in [3.63, 3.8) is 0 Å². The van der Waals surface area contributed by atoms with E-state index in [4.69, 9.17) is 21.6 Å². The molecule has 0 aromatic heterocycles. The number of halogens is 1. The third-order valence-corrected chi connectivity index (χ3v) is 6.34. The van der Waals surface area contributed by atoms with Crippen LogP contribution in [0.5, 0.6) is 5.75 Å². The number of nitriles is 1. The van der Waals surface area contributed by atoms with Crippen molar-refractivity contribution in [3.05, 3.63) is 28.8 Å². The molecule has 3 atom stereocenters. The van der Waals surface area contributed by atoms with Crippen LogP contribution in [-0.2, 0) is 0 Å². The maximum atomic E-state index is 8.88. The smallest absolute Gasteiger partial charge is 0.138 e. The molecule has 3 unspecified atom stereocenters. The standard InChI is InChI=1S/C17H20ClNO/c1-16(2)12-6-7-17(16,3)15(9-12)20-14-5-4-11(10-19)8-13(14)18/h4-5,8,12,15H,6-7,9H2,1-3H3. The van der Waals surface area contributed by atoms with Gasteiger partial charge in [-0.05, 0) is 48.8 Å². The molecule has 0 saturated heterocycles. The van der Waals surface area contributed by atoms with E-state index in [0.717, 1.165) is 12.3 Å². The van der Waals surface area contributed by atoms with E-state index in [1.54, 1.807) is 12.1 Å². The molecule has 0 aliphatic heterocycles. The van der Waals surface area contributed by atoms with Gasteiger partial charge in [0.05, 0.1) is 16.7 Å². The van der Waals surface area contributed by atoms with Crippen LogP contribution >= 0.6 is 11.6 Å². The van der Waals surface area contributed by atoms with E-state index < -0.39 is 0 Å². The van der Waals surface area contributed by atoms with Crippen LogP contribution in [0.25, 0.3) is 0 Å². The molecule has 1 aromatic carbocycles. The Morgan fingerprint density at radius 2 is 2.10 bits per heavy atom. The molecule has 2 saturated carbocycles. The summed E-state index contributed by atoms with van der Waals surface area (Å²) in [6, 6.07) is 7.36. The highest BCUT2D eigenvalue weighted by atomic mass is 35.5. The van der Waals surface area contributed by atoms with Gasteiger partial charge in [0, 0.05) is 5.41 Å². The Bertz CT molecular complexity index is 589. The van der Waals surface area contributed by atoms with E-state index in [1.807, 2.05) is 6.07 Å². The van der Waals surface area contributed by atoms with Gasteiger partial charge in [-0.3, -0.25) is 0 Å². The van der Waals surface area contributed by atoms with Crippen LogP contribution in [0.2, 0.25) is 5.02 Å². The van der Waals surface area contributed by atoms with Crippen LogP contribution in [-0.4, -0.2) is 6.10 Å². The van der Waals surface area contributed by atoms with Gasteiger partial charge in [-0.2, -0.15) is 5.26 Å². The maximum absolute atomic E-state index is 8.88. The molecule has 0 N–H and O–H groups in total. The molecule has 0 heterocycles. The molecular weight excluding hydrogens is 270 g/mol. The van der Waals surface area contributed by atoms with Gasteiger partial charge in [-0.25, -0.2) is 0 Å². The Morgan fingerprint density at radius 1 is 1.35 bits per heavy atom. The lowest BCUT2D eigenvalue weighted by Gasteiger charge is -2.39. The summed E-state index contributed by atoms with van der Waals surface area (Å²) in [6.45, 7) is 7.09. The van der Waals surface area contributed by atoms with Crippen molar-refractivity contribution >= 4 is 11.6 Å². The molecule has 20 heavy (non-hydrogen) atoms. The third kappa shape index (κ3) is 1.76. The molecule has 1 aromatic rings. The minimum absolute atomic E-state index is 0.217. The number of ether oxygens (including phenoxy) is 1. The fourth-order valence-electron chi connectivity index (χ4n) is 4.13. The topological polar surface area (TPSA) is 33.0 Å². The summed E-state index contributed by atoms with van der Waals surface area (Å²) >= 11 is 6.23. The zero-order valence-electron chi connectivity index (χ0n) is 12.2. The molecule has 0 radical (unpaired) electrons. The first-order valence-corrected chi connectivity index (χ1v) is 7.62. The van der Waals surface area contributed by atoms with Crippen molar-refractivity contribution in [1.82, 2.24) is 0 Å². The summed E-state index contributed by atoms with van der Waals surface area (Å²) in [6.07, 6.45) is 3.87. The van der Waals surface area contributed by atoms with E-state index in [0.29, 0.717) is 21.8 Å². The van der Waals surface area contributed by atoms with Gasteiger partial charge in [0.1, 0.15) is 11.9 Å². The quantitative estimate of drug-likeness (QED) is 0.783. The maximum Gasteiger partial charge on any atom is 0.138 e. The molecule has 2 bridgehead atoms. The Balaban J connectivity index is 1.85. The predicted molar refractivity (Wildman–Crippen MR) is 79.8 cm³/mol. The summed E-state index contributed by atoms with van der Waals surface area (Å²) in [7, 11) is 0. The minimum Gasteiger partial charge on any atom is -0.488 e. The van der Waals surface area contributed by atoms with E-state index in [9.17, 15) is 0 Å². The number of nitrogens with zero attached hydrogens (tertiary/aromatic N) is 1. The Hall–Kier alpha value is -1.20. The fraction of sp³-hybridized carbons (Fsp3) is 0.588. The Labute approximate surface area is 125 Å². The van der Waals surface area contributed by atoms with E-state index in [2.05, 4.69) is 26.8 Å². The number of hydrogen-bond donors (Lipinski definition) is 0. The van der Waals surface area contributed by atoms with Crippen LogP contribution in [0.15, 0.2) is 18.2 Å². The molecule has 2 nitrogen and oxygen atoms in total. The van der Waals surface area contributed by atoms with Crippen molar-refractivity contribution in [2.45, 2.75) is 46.1 Å². The van der Waals surface area contributed by atoms with Crippen LogP contribution < -0.4 is 4.74 Å². The summed E-state index contributed by atoms with van der Waals surface area (Å²) in [4.78, 5) is 0. The van der Waals surface area contributed by atoms with Crippen molar-refractivity contribution in [2.75, 3.05) is 0 Å². The first-order chi connectivity index (χ1) is 9.38. The third-order valence-electron chi connectivity index (χ3n) is 6.04. The van der Waals surface area contributed by atoms with Crippen LogP contribution in [0.3, 0.4) is 0 Å². The average molecular weight is 290 g/mol. The second kappa shape index (κ2) is 4.40. The van der Waals surface area contributed by atoms with Gasteiger partial charge < -0.3 is 4.74 Å². The van der Waals surface area contributed by atoms with Crippen LogP contribution in [0.1, 0.15) is 45.6 Å². The largest absolute Gasteiger partial charge is 0.488 e. The molecule has 106 valence electrons. The molecule has 2 aliphatic carbocycles. The molecular formula is C17H20ClNO. The van der Waals surface area contributed by atoms with Crippen molar-refractivity contribution in [2.24, 2.45) is 16.7 Å². The zero-order valence-corrected chi connectivity index (χ0v) is 13.0. The van der Waals surface area contributed by atoms with E-state index in [1.165, 1.54) is 12.8 Å². The lowest BCUT2D eigenvalue weighted by molar-refractivity contribution is 0.0302. The van der Waals surface area contributed by atoms with Gasteiger partial charge in [-0.1, -0.05) is 32.4 Å². The second-order valence-electron chi connectivity index (χ2n) is 6.97. The summed E-state index contributed by atoms with van der Waals surface area (Å²) in [5.74, 6) is 1.45. The highest BCUT2D eigenvalue weighted by Crippen LogP contribution is 2.66. The average Bonchev–Trinajstić information content (AvgIpc) is 2.74. The van der Waals surface area contributed by atoms with Crippen molar-refractivity contribution < 1.29 is 4.74 Å². The molecule has 0 amide bonds. The number of fused-ring (bicyclic) bond motifs is 2. The lowest BCUT2D eigenvalue weighted by Crippen LogP contribution is -2.38. The fourth-order valence-corrected chi connectivity index (χ4v) is 4.35. The van der Waals surface area contributed by atoms with E-state index >= 15 is 0 Å². The first kappa shape index (κ1) is 13.8. The number of rotatable bonds is 2. The summed E-state index contributed by atoms with van der Waals surface area (Å²) < 4.78 is 6.24. The molecule has 2 aliphatic rings. The first-order valence-electron chi connectivity index (χ1n) is 7.25. The molecule has 3 rings (SSSR count). The van der Waals surface area contributed by atoms with Gasteiger partial charge in [0.25, 0.3) is 0 Å². The van der Waals surface area contributed by atoms with Crippen LogP contribution in [0.4, 0.5) is 0 Å². The monoisotopic (exact) mass is 289 g/mol. The minimum atomic E-state index is 0.217. The van der Waals surface area contributed by atoms with Gasteiger partial charge in [-0.15, -0.1) is 0 Å². The lowest BCUT2D eigenvalue weighted by atomic mass is 9.70. The Morgan fingerprint density at radius 3 is 2.60 bits per heavy atom. The number of benzene rings is 1. The van der Waals surface area contributed by atoms with Gasteiger partial charge >= 0.3 is 0 Å². The van der Waals surface area contributed by atoms with Crippen molar-refractivity contribution in [1.29, 1.82) is 5.26 Å². The molecule has 3 heteroatoms. The van der Waals surface area contributed by atoms with Gasteiger partial charge in [0.15, 0.2) is 0 Å². The highest BCUT2D eigenvalue weighted by Gasteiger charge is 2.62. The van der Waals surface area contributed by atoms with Gasteiger partial charge in [0.2, 0.25) is 0 Å². The number of hydrogen-bond acceptors (Lipinski definition) is 2.